The fraction of sp³-hybridized carbons (Fsp3) is 0.617. The van der Waals surface area contributed by atoms with Gasteiger partial charge in [0, 0.05) is 76.0 Å². The van der Waals surface area contributed by atoms with Crippen molar-refractivity contribution < 1.29 is 38.4 Å². The first-order valence-corrected chi connectivity index (χ1v) is 22.1. The Balaban J connectivity index is 1.41. The maximum absolute atomic E-state index is 14.2. The molecule has 1 unspecified atom stereocenters. The predicted molar refractivity (Wildman–Crippen MR) is 230 cm³/mol. The number of nitrogens with zero attached hydrogens (tertiary/aromatic N) is 3. The second-order valence-corrected chi connectivity index (χ2v) is 18.1. The Bertz CT molecular complexity index is 1840. The van der Waals surface area contributed by atoms with E-state index >= 15 is 0 Å². The molecule has 6 atom stereocenters. The summed E-state index contributed by atoms with van der Waals surface area (Å²) < 4.78 is 0. The van der Waals surface area contributed by atoms with Crippen LogP contribution in [0.1, 0.15) is 146 Å². The fourth-order valence-corrected chi connectivity index (χ4v) is 8.72. The van der Waals surface area contributed by atoms with E-state index in [-0.39, 0.29) is 60.7 Å². The van der Waals surface area contributed by atoms with Crippen molar-refractivity contribution >= 4 is 46.8 Å². The van der Waals surface area contributed by atoms with Crippen molar-refractivity contribution in [3.63, 3.8) is 0 Å². The standard InChI is InChI=1S/C47H66N6O8/c1-7-16-32(43(58)37(54)23-24-40(57)51-42(46(61)53(5)6)31-19-12-9-13-20-31)27-38(55)33-21-14-15-22-35(33)50-44(59)34(47(2,3)4)28-39(56)41(30-17-10-8-11-18-30)52-45(60)36-29-48-25-26-49-36/h9,12-13,19-20,25-26,29-30,32-35,41-42H,7-8,10-11,14-18,21-24,27-28H2,1-6H3,(H,50,59)(H,51,57)(H,52,60)/t32-,33-,34?,35+,41+,42+/m1/s1. The molecule has 1 aromatic heterocycles. The number of aromatic nitrogens is 2. The minimum Gasteiger partial charge on any atom is -0.352 e. The number of rotatable bonds is 21. The topological polar surface area (TPSA) is 202 Å². The van der Waals surface area contributed by atoms with Crippen LogP contribution in [-0.2, 0) is 33.6 Å². The lowest BCUT2D eigenvalue weighted by atomic mass is 9.73. The Labute approximate surface area is 360 Å². The Morgan fingerprint density at radius 2 is 1.49 bits per heavy atom. The van der Waals surface area contributed by atoms with Gasteiger partial charge in [-0.05, 0) is 49.0 Å². The van der Waals surface area contributed by atoms with Gasteiger partial charge < -0.3 is 20.9 Å². The number of amides is 4. The molecule has 14 heteroatoms. The zero-order valence-electron chi connectivity index (χ0n) is 36.9. The number of nitrogens with one attached hydrogen (secondary N) is 3. The van der Waals surface area contributed by atoms with Crippen LogP contribution >= 0.6 is 0 Å². The summed E-state index contributed by atoms with van der Waals surface area (Å²) in [5, 5.41) is 8.77. The number of likely N-dealkylation sites (N-methyl/N-ethyl adjacent to an activating group) is 1. The number of ketones is 4. The Morgan fingerprint density at radius 3 is 2.11 bits per heavy atom. The van der Waals surface area contributed by atoms with Crippen LogP contribution < -0.4 is 16.0 Å². The lowest BCUT2D eigenvalue weighted by Gasteiger charge is -2.37. The first-order chi connectivity index (χ1) is 29.0. The second kappa shape index (κ2) is 23.2. The van der Waals surface area contributed by atoms with E-state index in [1.165, 1.54) is 23.5 Å². The number of benzene rings is 1. The molecule has 1 heterocycles. The number of carbonyl (C=O) groups excluding carboxylic acids is 8. The molecule has 0 bridgehead atoms. The van der Waals surface area contributed by atoms with E-state index in [1.807, 2.05) is 27.7 Å². The third-order valence-corrected chi connectivity index (χ3v) is 12.3. The second-order valence-electron chi connectivity index (χ2n) is 18.1. The lowest BCUT2D eigenvalue weighted by molar-refractivity contribution is -0.141. The normalized spacial score (nSPS) is 19.0. The van der Waals surface area contributed by atoms with Crippen LogP contribution in [0, 0.1) is 29.1 Å². The smallest absolute Gasteiger partial charge is 0.272 e. The van der Waals surface area contributed by atoms with Gasteiger partial charge in [-0.3, -0.25) is 43.3 Å². The molecule has 2 aliphatic carbocycles. The summed E-state index contributed by atoms with van der Waals surface area (Å²) in [4.78, 5) is 118. The lowest BCUT2D eigenvalue weighted by Crippen LogP contribution is -2.52. The average Bonchev–Trinajstić information content (AvgIpc) is 3.25. The van der Waals surface area contributed by atoms with Gasteiger partial charge in [0.1, 0.15) is 17.5 Å². The highest BCUT2D eigenvalue weighted by Gasteiger charge is 2.41. The van der Waals surface area contributed by atoms with Gasteiger partial charge >= 0.3 is 0 Å². The van der Waals surface area contributed by atoms with Crippen molar-refractivity contribution in [1.29, 1.82) is 0 Å². The first-order valence-electron chi connectivity index (χ1n) is 22.1. The van der Waals surface area contributed by atoms with Crippen LogP contribution in [0.15, 0.2) is 48.9 Å². The summed E-state index contributed by atoms with van der Waals surface area (Å²) in [6.45, 7) is 7.56. The van der Waals surface area contributed by atoms with E-state index in [9.17, 15) is 38.4 Å². The molecule has 0 spiro atoms. The first kappa shape index (κ1) is 48.5. The van der Waals surface area contributed by atoms with Crippen molar-refractivity contribution in [3.8, 4) is 0 Å². The Kier molecular flexibility index (Phi) is 18.4. The molecule has 2 aliphatic rings. The highest BCUT2D eigenvalue weighted by molar-refractivity contribution is 6.38. The Hall–Kier alpha value is -5.14. The number of Topliss-reactive ketones (excluding diaryl/α,β-unsaturated/α-hetero) is 4. The minimum absolute atomic E-state index is 0.0699. The van der Waals surface area contributed by atoms with Crippen molar-refractivity contribution in [2.45, 2.75) is 142 Å². The van der Waals surface area contributed by atoms with Gasteiger partial charge in [0.15, 0.2) is 11.6 Å². The molecule has 2 saturated carbocycles. The largest absolute Gasteiger partial charge is 0.352 e. The van der Waals surface area contributed by atoms with Crippen molar-refractivity contribution in [2.75, 3.05) is 14.1 Å². The average molecular weight is 843 g/mol. The Morgan fingerprint density at radius 1 is 0.820 bits per heavy atom. The molecule has 3 N–H and O–H groups in total. The van der Waals surface area contributed by atoms with Crippen LogP contribution in [0.2, 0.25) is 0 Å². The van der Waals surface area contributed by atoms with E-state index in [0.29, 0.717) is 31.2 Å². The van der Waals surface area contributed by atoms with Crippen molar-refractivity contribution in [3.05, 3.63) is 60.2 Å². The van der Waals surface area contributed by atoms with Crippen molar-refractivity contribution in [2.24, 2.45) is 29.1 Å². The molecule has 4 amide bonds. The molecule has 1 aromatic carbocycles. The van der Waals surface area contributed by atoms with Crippen LogP contribution in [0.4, 0.5) is 0 Å². The molecule has 61 heavy (non-hydrogen) atoms. The van der Waals surface area contributed by atoms with Gasteiger partial charge in [-0.15, -0.1) is 0 Å². The monoisotopic (exact) mass is 842 g/mol. The molecule has 14 nitrogen and oxygen atoms in total. The maximum Gasteiger partial charge on any atom is 0.272 e. The van der Waals surface area contributed by atoms with Gasteiger partial charge in [0.2, 0.25) is 23.5 Å². The molecular weight excluding hydrogens is 777 g/mol. The van der Waals surface area contributed by atoms with E-state index in [2.05, 4.69) is 25.9 Å². The highest BCUT2D eigenvalue weighted by atomic mass is 16.2. The highest BCUT2D eigenvalue weighted by Crippen LogP contribution is 2.35. The van der Waals surface area contributed by atoms with Crippen LogP contribution in [0.5, 0.6) is 0 Å². The van der Waals surface area contributed by atoms with E-state index in [0.717, 1.165) is 44.9 Å². The molecule has 0 aliphatic heterocycles. The molecule has 0 radical (unpaired) electrons. The minimum atomic E-state index is -0.954. The quantitative estimate of drug-likeness (QED) is 0.131. The van der Waals surface area contributed by atoms with Crippen LogP contribution in [0.25, 0.3) is 0 Å². The number of hydrogen-bond donors (Lipinski definition) is 3. The zero-order valence-corrected chi connectivity index (χ0v) is 36.9. The van der Waals surface area contributed by atoms with Crippen LogP contribution in [-0.4, -0.2) is 87.8 Å². The van der Waals surface area contributed by atoms with E-state index in [4.69, 9.17) is 0 Å². The summed E-state index contributed by atoms with van der Waals surface area (Å²) >= 11 is 0. The van der Waals surface area contributed by atoms with Gasteiger partial charge in [-0.2, -0.15) is 0 Å². The SMILES string of the molecule is CCC[C@H](CC(=O)[C@@H]1CCCC[C@@H]1NC(=O)C(CC(=O)[C@@H](NC(=O)c1cnccn1)C1CCCCC1)C(C)(C)C)C(=O)C(=O)CCC(=O)N[C@H](C(=O)N(C)C)c1ccccc1. The summed E-state index contributed by atoms with van der Waals surface area (Å²) in [6, 6.07) is 6.49. The van der Waals surface area contributed by atoms with Gasteiger partial charge in [-0.25, -0.2) is 4.98 Å². The molecular formula is C47H66N6O8. The summed E-state index contributed by atoms with van der Waals surface area (Å²) in [6.07, 6.45) is 11.3. The summed E-state index contributed by atoms with van der Waals surface area (Å²) in [7, 11) is 3.16. The van der Waals surface area contributed by atoms with E-state index in [1.54, 1.807) is 44.4 Å². The van der Waals surface area contributed by atoms with Crippen molar-refractivity contribution in [1.82, 2.24) is 30.8 Å². The molecule has 2 fully saturated rings. The third kappa shape index (κ3) is 14.2. The summed E-state index contributed by atoms with van der Waals surface area (Å²) in [5.41, 5.74) is 0.0539. The van der Waals surface area contributed by atoms with Gasteiger partial charge in [-0.1, -0.05) is 96.6 Å². The number of carbonyl (C=O) groups is 8. The van der Waals surface area contributed by atoms with Gasteiger partial charge in [0.05, 0.1) is 12.2 Å². The molecule has 332 valence electrons. The maximum atomic E-state index is 14.2. The van der Waals surface area contributed by atoms with Gasteiger partial charge in [0.25, 0.3) is 5.91 Å². The zero-order chi connectivity index (χ0) is 44.7. The number of hydrogen-bond acceptors (Lipinski definition) is 10. The van der Waals surface area contributed by atoms with E-state index < -0.39 is 64.7 Å². The summed E-state index contributed by atoms with van der Waals surface area (Å²) in [5.74, 6) is -5.88. The third-order valence-electron chi connectivity index (χ3n) is 12.3. The fourth-order valence-electron chi connectivity index (χ4n) is 8.72. The molecule has 4 rings (SSSR count). The predicted octanol–water partition coefficient (Wildman–Crippen LogP) is 5.69. The molecule has 2 aromatic rings. The molecule has 0 saturated heterocycles. The van der Waals surface area contributed by atoms with Crippen LogP contribution in [0.3, 0.4) is 0 Å².